The third-order valence-corrected chi connectivity index (χ3v) is 7.17. The van der Waals surface area contributed by atoms with Crippen LogP contribution in [0, 0.1) is 23.6 Å². The number of ether oxygens (including phenoxy) is 1. The standard InChI is InChI=1S/C29H30FNO/c30-25-11-6-10-22(17-25)24-13-14-26(31-19-24)15-16-28-27-12-5-4-9-23(27)18-29(28)32-20-21-7-2-1-3-8-21/h1-3,6-8,10-11,13-17,19,23,27-29H,4-5,9,12,18,20H2/t23-,27+,28+,29+/m1/s1. The number of nitrogens with zero attached hydrogens (tertiary/aromatic N) is 1. The summed E-state index contributed by atoms with van der Waals surface area (Å²) in [6.07, 6.45) is 13.1. The molecule has 4 atom stereocenters. The van der Waals surface area contributed by atoms with Gasteiger partial charge in [-0.25, -0.2) is 4.39 Å². The molecule has 164 valence electrons. The van der Waals surface area contributed by atoms with Gasteiger partial charge in [-0.15, -0.1) is 0 Å². The van der Waals surface area contributed by atoms with Gasteiger partial charge in [-0.3, -0.25) is 4.98 Å². The van der Waals surface area contributed by atoms with Crippen molar-refractivity contribution < 1.29 is 9.13 Å². The minimum atomic E-state index is -0.226. The van der Waals surface area contributed by atoms with Crippen LogP contribution in [0.3, 0.4) is 0 Å². The summed E-state index contributed by atoms with van der Waals surface area (Å²) < 4.78 is 20.0. The summed E-state index contributed by atoms with van der Waals surface area (Å²) >= 11 is 0. The van der Waals surface area contributed by atoms with Crippen molar-refractivity contribution in [2.45, 2.75) is 44.8 Å². The van der Waals surface area contributed by atoms with Crippen LogP contribution in [0.1, 0.15) is 43.4 Å². The Kier molecular flexibility index (Phi) is 6.45. The Morgan fingerprint density at radius 2 is 1.81 bits per heavy atom. The van der Waals surface area contributed by atoms with E-state index in [1.807, 2.05) is 30.5 Å². The molecule has 0 N–H and O–H groups in total. The van der Waals surface area contributed by atoms with E-state index in [9.17, 15) is 4.39 Å². The first-order chi connectivity index (χ1) is 15.8. The van der Waals surface area contributed by atoms with Crippen LogP contribution < -0.4 is 0 Å². The van der Waals surface area contributed by atoms with E-state index in [0.717, 1.165) is 22.7 Å². The number of aromatic nitrogens is 1. The van der Waals surface area contributed by atoms with Crippen LogP contribution in [0.2, 0.25) is 0 Å². The predicted molar refractivity (Wildman–Crippen MR) is 127 cm³/mol. The van der Waals surface area contributed by atoms with Crippen molar-refractivity contribution in [1.82, 2.24) is 4.98 Å². The molecular formula is C29H30FNO. The molecule has 0 radical (unpaired) electrons. The number of hydrogen-bond donors (Lipinski definition) is 0. The minimum absolute atomic E-state index is 0.226. The molecule has 0 bridgehead atoms. The van der Waals surface area contributed by atoms with Gasteiger partial charge < -0.3 is 4.74 Å². The molecule has 1 heterocycles. The van der Waals surface area contributed by atoms with Crippen LogP contribution in [0.5, 0.6) is 0 Å². The van der Waals surface area contributed by atoms with Crippen molar-refractivity contribution in [3.05, 3.63) is 96.1 Å². The molecule has 1 aromatic heterocycles. The van der Waals surface area contributed by atoms with Gasteiger partial charge in [-0.05, 0) is 60.1 Å². The fourth-order valence-electron chi connectivity index (χ4n) is 5.54. The third-order valence-electron chi connectivity index (χ3n) is 7.17. The van der Waals surface area contributed by atoms with Crippen LogP contribution >= 0.6 is 0 Å². The van der Waals surface area contributed by atoms with Crippen molar-refractivity contribution in [3.8, 4) is 11.1 Å². The molecule has 32 heavy (non-hydrogen) atoms. The van der Waals surface area contributed by atoms with Crippen LogP contribution in [-0.4, -0.2) is 11.1 Å². The number of halogens is 1. The Bertz CT molecular complexity index is 1050. The summed E-state index contributed by atoms with van der Waals surface area (Å²) in [5, 5.41) is 0. The first kappa shape index (κ1) is 21.1. The van der Waals surface area contributed by atoms with Crippen LogP contribution in [0.15, 0.2) is 79.0 Å². The highest BCUT2D eigenvalue weighted by Gasteiger charge is 2.43. The lowest BCUT2D eigenvalue weighted by Crippen LogP contribution is -2.22. The number of benzene rings is 2. The SMILES string of the molecule is Fc1cccc(-c2ccc(C=C[C@H]3[C@H]4CCCC[C@@H]4C[C@@H]3OCc3ccccc3)nc2)c1. The Hall–Kier alpha value is -2.78. The zero-order chi connectivity index (χ0) is 21.8. The lowest BCUT2D eigenvalue weighted by atomic mass is 9.78. The third kappa shape index (κ3) is 4.83. The molecule has 2 aliphatic carbocycles. The number of fused-ring (bicyclic) bond motifs is 1. The lowest BCUT2D eigenvalue weighted by molar-refractivity contribution is 0.0215. The van der Waals surface area contributed by atoms with E-state index in [0.29, 0.717) is 18.4 Å². The van der Waals surface area contributed by atoms with Crippen molar-refractivity contribution in [3.63, 3.8) is 0 Å². The van der Waals surface area contributed by atoms with E-state index in [1.165, 1.54) is 43.7 Å². The lowest BCUT2D eigenvalue weighted by Gasteiger charge is -2.28. The molecule has 3 aromatic rings. The molecule has 0 unspecified atom stereocenters. The molecule has 2 saturated carbocycles. The van der Waals surface area contributed by atoms with Gasteiger partial charge in [-0.2, -0.15) is 0 Å². The summed E-state index contributed by atoms with van der Waals surface area (Å²) in [6, 6.07) is 21.1. The smallest absolute Gasteiger partial charge is 0.123 e. The number of hydrogen-bond acceptors (Lipinski definition) is 2. The van der Waals surface area contributed by atoms with E-state index >= 15 is 0 Å². The molecule has 0 aliphatic heterocycles. The highest BCUT2D eigenvalue weighted by molar-refractivity contribution is 5.63. The van der Waals surface area contributed by atoms with Crippen molar-refractivity contribution >= 4 is 6.08 Å². The van der Waals surface area contributed by atoms with E-state index < -0.39 is 0 Å². The highest BCUT2D eigenvalue weighted by atomic mass is 19.1. The summed E-state index contributed by atoms with van der Waals surface area (Å²) in [5.41, 5.74) is 3.95. The van der Waals surface area contributed by atoms with Gasteiger partial charge in [0, 0.05) is 17.7 Å². The van der Waals surface area contributed by atoms with E-state index in [2.05, 4.69) is 41.4 Å². The largest absolute Gasteiger partial charge is 0.373 e. The monoisotopic (exact) mass is 427 g/mol. The minimum Gasteiger partial charge on any atom is -0.373 e. The first-order valence-electron chi connectivity index (χ1n) is 11.8. The predicted octanol–water partition coefficient (Wildman–Crippen LogP) is 7.31. The second-order valence-corrected chi connectivity index (χ2v) is 9.20. The number of pyridine rings is 1. The molecular weight excluding hydrogens is 397 g/mol. The average molecular weight is 428 g/mol. The second kappa shape index (κ2) is 9.79. The summed E-state index contributed by atoms with van der Waals surface area (Å²) in [7, 11) is 0. The Labute approximate surface area is 190 Å². The summed E-state index contributed by atoms with van der Waals surface area (Å²) in [5.74, 6) is 1.71. The summed E-state index contributed by atoms with van der Waals surface area (Å²) in [6.45, 7) is 0.676. The van der Waals surface area contributed by atoms with E-state index in [-0.39, 0.29) is 11.9 Å². The maximum absolute atomic E-state index is 13.5. The fraction of sp³-hybridized carbons (Fsp3) is 0.345. The van der Waals surface area contributed by atoms with Gasteiger partial charge in [-0.1, -0.05) is 73.9 Å². The molecule has 0 spiro atoms. The van der Waals surface area contributed by atoms with Crippen LogP contribution in [0.25, 0.3) is 17.2 Å². The maximum atomic E-state index is 13.5. The molecule has 2 fully saturated rings. The zero-order valence-corrected chi connectivity index (χ0v) is 18.4. The maximum Gasteiger partial charge on any atom is 0.123 e. The van der Waals surface area contributed by atoms with E-state index in [1.54, 1.807) is 12.1 Å². The topological polar surface area (TPSA) is 22.1 Å². The van der Waals surface area contributed by atoms with Gasteiger partial charge in [0.05, 0.1) is 18.4 Å². The number of rotatable bonds is 6. The summed E-state index contributed by atoms with van der Waals surface area (Å²) in [4.78, 5) is 4.62. The molecule has 5 rings (SSSR count). The van der Waals surface area contributed by atoms with Gasteiger partial charge in [0.15, 0.2) is 0 Å². The van der Waals surface area contributed by atoms with Gasteiger partial charge in [0.1, 0.15) is 5.82 Å². The second-order valence-electron chi connectivity index (χ2n) is 9.20. The quantitative estimate of drug-likeness (QED) is 0.411. The van der Waals surface area contributed by atoms with E-state index in [4.69, 9.17) is 4.74 Å². The van der Waals surface area contributed by atoms with Crippen LogP contribution in [-0.2, 0) is 11.3 Å². The molecule has 2 aromatic carbocycles. The molecule has 0 saturated heterocycles. The zero-order valence-electron chi connectivity index (χ0n) is 18.4. The first-order valence-corrected chi connectivity index (χ1v) is 11.8. The molecule has 0 amide bonds. The van der Waals surface area contributed by atoms with Gasteiger partial charge in [0.2, 0.25) is 0 Å². The van der Waals surface area contributed by atoms with Crippen molar-refractivity contribution in [2.75, 3.05) is 0 Å². The van der Waals surface area contributed by atoms with Crippen molar-refractivity contribution in [1.29, 1.82) is 0 Å². The fourth-order valence-corrected chi connectivity index (χ4v) is 5.54. The van der Waals surface area contributed by atoms with Gasteiger partial charge in [0.25, 0.3) is 0 Å². The highest BCUT2D eigenvalue weighted by Crippen LogP contribution is 2.48. The van der Waals surface area contributed by atoms with Crippen molar-refractivity contribution in [2.24, 2.45) is 17.8 Å². The average Bonchev–Trinajstić information content (AvgIpc) is 3.20. The molecule has 2 nitrogen and oxygen atoms in total. The molecule has 2 aliphatic rings. The Morgan fingerprint density at radius 1 is 0.938 bits per heavy atom. The van der Waals surface area contributed by atoms with Gasteiger partial charge >= 0.3 is 0 Å². The normalized spacial score (nSPS) is 25.2. The Morgan fingerprint density at radius 3 is 2.62 bits per heavy atom. The Balaban J connectivity index is 1.30. The van der Waals surface area contributed by atoms with Crippen LogP contribution in [0.4, 0.5) is 4.39 Å². The molecule has 3 heteroatoms.